The fourth-order valence-corrected chi connectivity index (χ4v) is 9.83. The van der Waals surface area contributed by atoms with Crippen molar-refractivity contribution in [1.82, 2.24) is 5.32 Å². The first kappa shape index (κ1) is 31.3. The molecule has 1 aliphatic heterocycles. The number of aliphatic imine (C=N–C) groups is 2. The Bertz CT molecular complexity index is 3380. The summed E-state index contributed by atoms with van der Waals surface area (Å²) in [5.74, 6) is 1.60. The Balaban J connectivity index is 1.08. The van der Waals surface area contributed by atoms with Crippen LogP contribution in [0.15, 0.2) is 190 Å². The van der Waals surface area contributed by atoms with Gasteiger partial charge >= 0.3 is 0 Å². The molecular formula is C51H31N3OS. The highest BCUT2D eigenvalue weighted by Crippen LogP contribution is 2.48. The number of furan rings is 1. The normalized spacial score (nSPS) is 13.6. The average Bonchev–Trinajstić information content (AvgIpc) is 3.84. The lowest BCUT2D eigenvalue weighted by Crippen LogP contribution is -2.36. The highest BCUT2D eigenvalue weighted by molar-refractivity contribution is 7.26. The first-order valence-corrected chi connectivity index (χ1v) is 19.7. The Kier molecular flexibility index (Phi) is 6.83. The lowest BCUT2D eigenvalue weighted by Gasteiger charge is -2.24. The molecule has 0 saturated carbocycles. The van der Waals surface area contributed by atoms with Crippen molar-refractivity contribution in [2.75, 3.05) is 0 Å². The van der Waals surface area contributed by atoms with Gasteiger partial charge in [-0.2, -0.15) is 0 Å². The predicted molar refractivity (Wildman–Crippen MR) is 236 cm³/mol. The van der Waals surface area contributed by atoms with E-state index in [0.29, 0.717) is 0 Å². The van der Waals surface area contributed by atoms with Gasteiger partial charge in [0, 0.05) is 53.2 Å². The molecule has 0 bridgehead atoms. The zero-order chi connectivity index (χ0) is 36.7. The maximum atomic E-state index is 6.62. The second-order valence-electron chi connectivity index (χ2n) is 14.5. The zero-order valence-electron chi connectivity index (χ0n) is 30.0. The summed E-state index contributed by atoms with van der Waals surface area (Å²) in [6.07, 6.45) is -0.470. The van der Waals surface area contributed by atoms with Gasteiger partial charge in [-0.25, -0.2) is 9.98 Å². The lowest BCUT2D eigenvalue weighted by molar-refractivity contribution is 0.673. The largest absolute Gasteiger partial charge is 0.455 e. The van der Waals surface area contributed by atoms with Crippen LogP contribution in [0.4, 0.5) is 0 Å². The minimum atomic E-state index is -0.470. The Morgan fingerprint density at radius 2 is 1.05 bits per heavy atom. The fourth-order valence-electron chi connectivity index (χ4n) is 8.60. The molecule has 0 saturated heterocycles. The number of thiophene rings is 1. The topological polar surface area (TPSA) is 49.9 Å². The van der Waals surface area contributed by atoms with Crippen molar-refractivity contribution in [1.29, 1.82) is 0 Å². The fraction of sp³-hybridized carbons (Fsp3) is 0.0196. The van der Waals surface area contributed by atoms with Gasteiger partial charge in [-0.15, -0.1) is 11.3 Å². The van der Waals surface area contributed by atoms with Crippen molar-refractivity contribution < 1.29 is 4.42 Å². The zero-order valence-corrected chi connectivity index (χ0v) is 30.8. The second-order valence-corrected chi connectivity index (χ2v) is 15.6. The standard InChI is InChI=1S/C51H31N3OS/c1-3-13-32-27-34(23-21-30(32)11-1)49-52-50(35-24-22-31-12-2-4-14-33(31)28-35)54-51(53-49)40-26-25-38(36-15-5-6-16-37(36)40)43-29-42-39-17-7-9-19-44(39)55-47(42)46-41-18-8-10-20-45(41)56-48(43)46/h1-29,51H,(H,52,53,54). The van der Waals surface area contributed by atoms with Gasteiger partial charge in [0.2, 0.25) is 0 Å². The molecule has 4 nitrogen and oxygen atoms in total. The molecular weight excluding hydrogens is 703 g/mol. The molecule has 5 heteroatoms. The number of hydrogen-bond donors (Lipinski definition) is 1. The summed E-state index contributed by atoms with van der Waals surface area (Å²) in [5, 5.41) is 15.3. The van der Waals surface area contributed by atoms with Crippen molar-refractivity contribution in [3.8, 4) is 11.1 Å². The van der Waals surface area contributed by atoms with Crippen LogP contribution >= 0.6 is 11.3 Å². The summed E-state index contributed by atoms with van der Waals surface area (Å²) >= 11 is 1.83. The van der Waals surface area contributed by atoms with Gasteiger partial charge in [0.15, 0.2) is 6.17 Å². The van der Waals surface area contributed by atoms with Crippen LogP contribution in [0, 0.1) is 0 Å². The molecule has 0 amide bonds. The number of fused-ring (bicyclic) bond motifs is 10. The summed E-state index contributed by atoms with van der Waals surface area (Å²) in [6, 6.07) is 62.7. The molecule has 0 radical (unpaired) electrons. The monoisotopic (exact) mass is 733 g/mol. The third-order valence-corrected chi connectivity index (χ3v) is 12.5. The average molecular weight is 734 g/mol. The molecule has 12 rings (SSSR count). The van der Waals surface area contributed by atoms with E-state index in [-0.39, 0.29) is 0 Å². The van der Waals surface area contributed by atoms with E-state index in [4.69, 9.17) is 14.4 Å². The van der Waals surface area contributed by atoms with Crippen LogP contribution in [0.1, 0.15) is 22.9 Å². The van der Waals surface area contributed by atoms with Crippen molar-refractivity contribution in [3.63, 3.8) is 0 Å². The van der Waals surface area contributed by atoms with Crippen LogP contribution in [0.5, 0.6) is 0 Å². The molecule has 2 aromatic heterocycles. The second kappa shape index (κ2) is 12.2. The van der Waals surface area contributed by atoms with E-state index in [1.165, 1.54) is 58.2 Å². The van der Waals surface area contributed by atoms with E-state index >= 15 is 0 Å². The molecule has 3 heterocycles. The summed E-state index contributed by atoms with van der Waals surface area (Å²) in [5.41, 5.74) is 7.34. The third kappa shape index (κ3) is 4.84. The van der Waals surface area contributed by atoms with Gasteiger partial charge in [0.05, 0.1) is 0 Å². The third-order valence-electron chi connectivity index (χ3n) is 11.3. The van der Waals surface area contributed by atoms with E-state index < -0.39 is 6.17 Å². The molecule has 262 valence electrons. The highest BCUT2D eigenvalue weighted by Gasteiger charge is 2.25. The summed E-state index contributed by atoms with van der Waals surface area (Å²) in [7, 11) is 0. The number of nitrogens with one attached hydrogen (secondary N) is 1. The number of para-hydroxylation sites is 1. The van der Waals surface area contributed by atoms with Gasteiger partial charge in [-0.05, 0) is 68.2 Å². The molecule has 0 unspecified atom stereocenters. The Labute approximate surface area is 325 Å². The van der Waals surface area contributed by atoms with Gasteiger partial charge in [0.25, 0.3) is 0 Å². The highest BCUT2D eigenvalue weighted by atomic mass is 32.1. The maximum absolute atomic E-state index is 6.62. The van der Waals surface area contributed by atoms with E-state index in [1.807, 2.05) is 17.4 Å². The number of benzene rings is 9. The molecule has 0 aliphatic carbocycles. The van der Waals surface area contributed by atoms with Crippen molar-refractivity contribution >= 4 is 97.4 Å². The Morgan fingerprint density at radius 1 is 0.464 bits per heavy atom. The van der Waals surface area contributed by atoms with Gasteiger partial charge in [0.1, 0.15) is 22.8 Å². The van der Waals surface area contributed by atoms with E-state index in [2.05, 4.69) is 175 Å². The van der Waals surface area contributed by atoms with Crippen LogP contribution in [-0.4, -0.2) is 11.7 Å². The summed E-state index contributed by atoms with van der Waals surface area (Å²) in [6.45, 7) is 0. The summed E-state index contributed by atoms with van der Waals surface area (Å²) < 4.78 is 9.10. The molecule has 1 aliphatic rings. The molecule has 9 aromatic carbocycles. The minimum Gasteiger partial charge on any atom is -0.455 e. The van der Waals surface area contributed by atoms with Crippen LogP contribution in [0.3, 0.4) is 0 Å². The van der Waals surface area contributed by atoms with E-state index in [0.717, 1.165) is 55.7 Å². The van der Waals surface area contributed by atoms with Gasteiger partial charge in [-0.3, -0.25) is 0 Å². The van der Waals surface area contributed by atoms with Crippen molar-refractivity contribution in [2.24, 2.45) is 9.98 Å². The molecule has 0 atom stereocenters. The smallest absolute Gasteiger partial charge is 0.170 e. The molecule has 11 aromatic rings. The number of amidine groups is 2. The molecule has 0 spiro atoms. The SMILES string of the molecule is c1ccc2cc(C3=NC(c4ccc(-c5cc6c7ccccc7oc6c6c5sc5ccccc56)c5ccccc45)N=C(c4ccc5ccccc5c4)N3)ccc2c1. The van der Waals surface area contributed by atoms with Crippen molar-refractivity contribution in [3.05, 3.63) is 193 Å². The van der Waals surface area contributed by atoms with Crippen LogP contribution in [0.2, 0.25) is 0 Å². The summed E-state index contributed by atoms with van der Waals surface area (Å²) in [4.78, 5) is 10.7. The first-order chi connectivity index (χ1) is 27.7. The molecule has 0 fully saturated rings. The van der Waals surface area contributed by atoms with E-state index in [1.54, 1.807) is 0 Å². The number of rotatable bonds is 4. The lowest BCUT2D eigenvalue weighted by atomic mass is 9.92. The van der Waals surface area contributed by atoms with Crippen LogP contribution < -0.4 is 5.32 Å². The molecule has 56 heavy (non-hydrogen) atoms. The van der Waals surface area contributed by atoms with Crippen LogP contribution in [-0.2, 0) is 0 Å². The van der Waals surface area contributed by atoms with E-state index in [9.17, 15) is 0 Å². The quantitative estimate of drug-likeness (QED) is 0.196. The van der Waals surface area contributed by atoms with Gasteiger partial charge in [-0.1, -0.05) is 146 Å². The number of nitrogens with zero attached hydrogens (tertiary/aromatic N) is 2. The predicted octanol–water partition coefficient (Wildman–Crippen LogP) is 13.6. The first-order valence-electron chi connectivity index (χ1n) is 18.9. The Morgan fingerprint density at radius 3 is 1.77 bits per heavy atom. The number of hydrogen-bond acceptors (Lipinski definition) is 5. The van der Waals surface area contributed by atoms with Crippen molar-refractivity contribution in [2.45, 2.75) is 6.17 Å². The Hall–Kier alpha value is -7.08. The minimum absolute atomic E-state index is 0.470. The van der Waals surface area contributed by atoms with Crippen LogP contribution in [0.25, 0.3) is 85.6 Å². The maximum Gasteiger partial charge on any atom is 0.170 e. The molecule has 1 N–H and O–H groups in total. The van der Waals surface area contributed by atoms with Gasteiger partial charge < -0.3 is 9.73 Å².